The summed E-state index contributed by atoms with van der Waals surface area (Å²) in [7, 11) is 0. The Hall–Kier alpha value is -1.14. The van der Waals surface area contributed by atoms with Crippen molar-refractivity contribution >= 4 is 33.0 Å². The van der Waals surface area contributed by atoms with Crippen LogP contribution in [0.25, 0.3) is 0 Å². The van der Waals surface area contributed by atoms with Crippen molar-refractivity contribution in [1.29, 1.82) is 0 Å². The zero-order valence-electron chi connectivity index (χ0n) is 9.06. The van der Waals surface area contributed by atoms with Gasteiger partial charge in [0, 0.05) is 14.9 Å². The van der Waals surface area contributed by atoms with Crippen molar-refractivity contribution in [2.45, 2.75) is 6.92 Å². The molecule has 0 unspecified atom stereocenters. The van der Waals surface area contributed by atoms with Crippen LogP contribution in [-0.2, 0) is 0 Å². The summed E-state index contributed by atoms with van der Waals surface area (Å²) in [4.78, 5) is 13.2. The quantitative estimate of drug-likeness (QED) is 0.585. The number of hydrogen-bond donors (Lipinski definition) is 0. The highest BCUT2D eigenvalue weighted by Gasteiger charge is 2.18. The summed E-state index contributed by atoms with van der Waals surface area (Å²) >= 11 is 4.45. The summed E-state index contributed by atoms with van der Waals surface area (Å²) < 4.78 is 39.6. The van der Waals surface area contributed by atoms with Gasteiger partial charge in [-0.15, -0.1) is 11.3 Å². The molecule has 2 rings (SSSR count). The molecule has 18 heavy (non-hydrogen) atoms. The van der Waals surface area contributed by atoms with Crippen LogP contribution in [0.15, 0.2) is 22.7 Å². The summed E-state index contributed by atoms with van der Waals surface area (Å²) in [5, 5.41) is 0. The lowest BCUT2D eigenvalue weighted by atomic mass is 10.1. The van der Waals surface area contributed by atoms with E-state index >= 15 is 0 Å². The van der Waals surface area contributed by atoms with Gasteiger partial charge in [-0.25, -0.2) is 13.2 Å². The predicted molar refractivity (Wildman–Crippen MR) is 66.5 cm³/mol. The molecule has 0 aliphatic heterocycles. The van der Waals surface area contributed by atoms with E-state index in [-0.39, 0.29) is 5.56 Å². The summed E-state index contributed by atoms with van der Waals surface area (Å²) in [5.41, 5.74) is -0.208. The molecule has 1 heterocycles. The Morgan fingerprint density at radius 3 is 2.17 bits per heavy atom. The highest BCUT2D eigenvalue weighted by atomic mass is 79.9. The van der Waals surface area contributed by atoms with Crippen LogP contribution in [0.1, 0.15) is 20.1 Å². The van der Waals surface area contributed by atoms with E-state index in [1.165, 1.54) is 11.3 Å². The van der Waals surface area contributed by atoms with E-state index in [1.54, 1.807) is 13.0 Å². The smallest absolute Gasteiger partial charge is 0.203 e. The van der Waals surface area contributed by atoms with Crippen LogP contribution in [-0.4, -0.2) is 5.78 Å². The molecule has 0 aliphatic rings. The number of benzene rings is 1. The van der Waals surface area contributed by atoms with Gasteiger partial charge in [-0.05, 0) is 41.1 Å². The fraction of sp³-hybridized carbons (Fsp3) is 0.0833. The average Bonchev–Trinajstić information content (AvgIpc) is 2.65. The van der Waals surface area contributed by atoms with E-state index in [0.29, 0.717) is 17.0 Å². The van der Waals surface area contributed by atoms with E-state index in [0.717, 1.165) is 9.35 Å². The van der Waals surface area contributed by atoms with Crippen LogP contribution in [0.2, 0.25) is 0 Å². The molecule has 6 heteroatoms. The molecule has 0 N–H and O–H groups in total. The monoisotopic (exact) mass is 334 g/mol. The highest BCUT2D eigenvalue weighted by Crippen LogP contribution is 2.28. The molecule has 0 aliphatic carbocycles. The Labute approximate surface area is 113 Å². The van der Waals surface area contributed by atoms with Gasteiger partial charge in [0.1, 0.15) is 0 Å². The topological polar surface area (TPSA) is 17.1 Å². The van der Waals surface area contributed by atoms with Crippen molar-refractivity contribution in [2.24, 2.45) is 0 Å². The molecule has 0 saturated carbocycles. The predicted octanol–water partition coefficient (Wildman–Crippen LogP) is 4.47. The van der Waals surface area contributed by atoms with Gasteiger partial charge in [0.15, 0.2) is 17.5 Å². The van der Waals surface area contributed by atoms with Gasteiger partial charge in [0.2, 0.25) is 5.78 Å². The van der Waals surface area contributed by atoms with Crippen molar-refractivity contribution < 1.29 is 18.0 Å². The first-order valence-electron chi connectivity index (χ1n) is 4.85. The molecular weight excluding hydrogens is 329 g/mol. The molecule has 0 amide bonds. The zero-order chi connectivity index (χ0) is 13.4. The van der Waals surface area contributed by atoms with Crippen LogP contribution < -0.4 is 0 Å². The average molecular weight is 335 g/mol. The standard InChI is InChI=1S/C12H6BrF3OS/c1-5-7(13)4-10(18-5)12(17)6-2-8(14)11(16)9(15)3-6/h2-4H,1H3. The van der Waals surface area contributed by atoms with Gasteiger partial charge in [0.05, 0.1) is 4.88 Å². The minimum atomic E-state index is -1.57. The Balaban J connectivity index is 2.46. The minimum Gasteiger partial charge on any atom is -0.288 e. The van der Waals surface area contributed by atoms with Crippen LogP contribution in [0.3, 0.4) is 0 Å². The van der Waals surface area contributed by atoms with Gasteiger partial charge < -0.3 is 0 Å². The molecule has 0 atom stereocenters. The van der Waals surface area contributed by atoms with Gasteiger partial charge in [-0.2, -0.15) is 0 Å². The van der Waals surface area contributed by atoms with Crippen LogP contribution in [0.5, 0.6) is 0 Å². The number of carbonyl (C=O) groups excluding carboxylic acids is 1. The van der Waals surface area contributed by atoms with Crippen molar-refractivity contribution in [3.8, 4) is 0 Å². The fourth-order valence-electron chi connectivity index (χ4n) is 1.40. The molecule has 1 aromatic carbocycles. The van der Waals surface area contributed by atoms with Crippen molar-refractivity contribution in [2.75, 3.05) is 0 Å². The maximum Gasteiger partial charge on any atom is 0.203 e. The summed E-state index contributed by atoms with van der Waals surface area (Å²) in [6.07, 6.45) is 0. The fourth-order valence-corrected chi connectivity index (χ4v) is 2.90. The third kappa shape index (κ3) is 2.35. The maximum absolute atomic E-state index is 13.0. The second kappa shape index (κ2) is 4.85. The molecule has 0 saturated heterocycles. The number of carbonyl (C=O) groups is 1. The number of hydrogen-bond acceptors (Lipinski definition) is 2. The van der Waals surface area contributed by atoms with Crippen LogP contribution >= 0.6 is 27.3 Å². The maximum atomic E-state index is 13.0. The Bertz CT molecular complexity index is 594. The third-order valence-corrected chi connectivity index (χ3v) is 4.46. The molecule has 0 spiro atoms. The molecule has 0 fully saturated rings. The summed E-state index contributed by atoms with van der Waals surface area (Å²) in [5.74, 6) is -4.85. The SMILES string of the molecule is Cc1sc(C(=O)c2cc(F)c(F)c(F)c2)cc1Br. The minimum absolute atomic E-state index is 0.208. The lowest BCUT2D eigenvalue weighted by molar-refractivity contribution is 0.104. The van der Waals surface area contributed by atoms with Crippen molar-refractivity contribution in [3.05, 3.63) is 55.4 Å². The molecular formula is C12H6BrF3OS. The second-order valence-electron chi connectivity index (χ2n) is 3.60. The van der Waals surface area contributed by atoms with E-state index in [1.807, 2.05) is 0 Å². The third-order valence-electron chi connectivity index (χ3n) is 2.33. The number of halogens is 4. The lowest BCUT2D eigenvalue weighted by Crippen LogP contribution is -2.02. The molecule has 1 aromatic heterocycles. The first-order valence-corrected chi connectivity index (χ1v) is 6.46. The number of ketones is 1. The van der Waals surface area contributed by atoms with Crippen LogP contribution in [0, 0.1) is 24.4 Å². The summed E-state index contributed by atoms with van der Waals surface area (Å²) in [6, 6.07) is 2.97. The first-order chi connectivity index (χ1) is 8.40. The van der Waals surface area contributed by atoms with E-state index < -0.39 is 23.2 Å². The van der Waals surface area contributed by atoms with E-state index in [2.05, 4.69) is 15.9 Å². The highest BCUT2D eigenvalue weighted by molar-refractivity contribution is 9.10. The van der Waals surface area contributed by atoms with Crippen molar-refractivity contribution in [1.82, 2.24) is 0 Å². The van der Waals surface area contributed by atoms with Crippen LogP contribution in [0.4, 0.5) is 13.2 Å². The van der Waals surface area contributed by atoms with Crippen molar-refractivity contribution in [3.63, 3.8) is 0 Å². The number of rotatable bonds is 2. The molecule has 2 aromatic rings. The summed E-state index contributed by atoms with van der Waals surface area (Å²) in [6.45, 7) is 1.80. The van der Waals surface area contributed by atoms with Gasteiger partial charge in [-0.1, -0.05) is 0 Å². The Kier molecular flexibility index (Phi) is 3.59. The first kappa shape index (κ1) is 13.3. The normalized spacial score (nSPS) is 10.7. The number of thiophene rings is 1. The van der Waals surface area contributed by atoms with Gasteiger partial charge >= 0.3 is 0 Å². The molecule has 0 radical (unpaired) electrons. The number of aryl methyl sites for hydroxylation is 1. The Morgan fingerprint density at radius 2 is 1.72 bits per heavy atom. The van der Waals surface area contributed by atoms with Gasteiger partial charge in [-0.3, -0.25) is 4.79 Å². The molecule has 1 nitrogen and oxygen atoms in total. The lowest BCUT2D eigenvalue weighted by Gasteiger charge is -2.00. The van der Waals surface area contributed by atoms with E-state index in [4.69, 9.17) is 0 Å². The second-order valence-corrected chi connectivity index (χ2v) is 5.71. The molecule has 94 valence electrons. The largest absolute Gasteiger partial charge is 0.288 e. The molecule has 0 bridgehead atoms. The van der Waals surface area contributed by atoms with E-state index in [9.17, 15) is 18.0 Å². The Morgan fingerprint density at radius 1 is 1.17 bits per heavy atom. The van der Waals surface area contributed by atoms with Gasteiger partial charge in [0.25, 0.3) is 0 Å². The zero-order valence-corrected chi connectivity index (χ0v) is 11.5.